The van der Waals surface area contributed by atoms with E-state index >= 15 is 0 Å². The molecule has 0 aliphatic carbocycles. The van der Waals surface area contributed by atoms with Crippen LogP contribution >= 0.6 is 0 Å². The van der Waals surface area contributed by atoms with E-state index in [9.17, 15) is 0 Å². The van der Waals surface area contributed by atoms with Crippen molar-refractivity contribution in [1.29, 1.82) is 0 Å². The summed E-state index contributed by atoms with van der Waals surface area (Å²) in [4.78, 5) is 11.1. The van der Waals surface area contributed by atoms with E-state index in [1.54, 1.807) is 0 Å². The summed E-state index contributed by atoms with van der Waals surface area (Å²) in [5.74, 6) is 1.20. The average Bonchev–Trinajstić information content (AvgIpc) is 2.24. The van der Waals surface area contributed by atoms with Crippen LogP contribution in [-0.4, -0.2) is 36.1 Å². The summed E-state index contributed by atoms with van der Waals surface area (Å²) in [5, 5.41) is 3.55. The minimum Gasteiger partial charge on any atom is -0.347 e. The lowest BCUT2D eigenvalue weighted by molar-refractivity contribution is 0.411. The molecule has 0 radical (unpaired) electrons. The van der Waals surface area contributed by atoms with Crippen molar-refractivity contribution in [2.75, 3.05) is 25.5 Å². The third-order valence-electron chi connectivity index (χ3n) is 3.15. The van der Waals surface area contributed by atoms with Gasteiger partial charge in [-0.3, -0.25) is 0 Å². The Morgan fingerprint density at radius 2 is 1.58 bits per heavy atom. The van der Waals surface area contributed by atoms with Crippen LogP contribution in [0.5, 0.6) is 0 Å². The van der Waals surface area contributed by atoms with E-state index < -0.39 is 0 Å². The van der Waals surface area contributed by atoms with E-state index in [2.05, 4.69) is 56.8 Å². The van der Waals surface area contributed by atoms with Gasteiger partial charge in [0, 0.05) is 37.6 Å². The zero-order valence-electron chi connectivity index (χ0n) is 13.6. The summed E-state index contributed by atoms with van der Waals surface area (Å²) in [6.07, 6.45) is 0. The Bertz CT molecular complexity index is 409. The first-order valence-corrected chi connectivity index (χ1v) is 6.89. The minimum absolute atomic E-state index is 0.139. The highest BCUT2D eigenvalue weighted by atomic mass is 15.2. The number of aryl methyl sites for hydroxylation is 2. The zero-order chi connectivity index (χ0) is 14.8. The largest absolute Gasteiger partial charge is 0.347 e. The van der Waals surface area contributed by atoms with Crippen LogP contribution in [0.25, 0.3) is 0 Å². The van der Waals surface area contributed by atoms with Crippen molar-refractivity contribution in [1.82, 2.24) is 15.3 Å². The third kappa shape index (κ3) is 4.46. The molecule has 0 aliphatic heterocycles. The molecule has 1 N–H and O–H groups in total. The molecule has 1 heterocycles. The molecule has 0 bridgehead atoms. The molecule has 0 fully saturated rings. The zero-order valence-corrected chi connectivity index (χ0v) is 13.6. The molecule has 0 aliphatic rings. The molecule has 0 amide bonds. The van der Waals surface area contributed by atoms with Crippen molar-refractivity contribution in [3.8, 4) is 0 Å². The van der Waals surface area contributed by atoms with Crippen molar-refractivity contribution >= 4 is 5.95 Å². The molecule has 1 rings (SSSR count). The predicted octanol–water partition coefficient (Wildman–Crippen LogP) is 2.65. The average molecular weight is 264 g/mol. The summed E-state index contributed by atoms with van der Waals surface area (Å²) in [5.41, 5.74) is 3.57. The Balaban J connectivity index is 2.94. The highest BCUT2D eigenvalue weighted by molar-refractivity contribution is 5.36. The number of aromatic nitrogens is 2. The Kier molecular flexibility index (Phi) is 4.91. The maximum absolute atomic E-state index is 4.59. The number of rotatable bonds is 4. The second-order valence-electron chi connectivity index (χ2n) is 6.53. The van der Waals surface area contributed by atoms with Crippen LogP contribution in [0, 0.1) is 13.8 Å². The molecule has 19 heavy (non-hydrogen) atoms. The van der Waals surface area contributed by atoms with E-state index in [1.807, 2.05) is 19.0 Å². The number of anilines is 1. The Morgan fingerprint density at radius 1 is 1.11 bits per heavy atom. The number of hydrogen-bond donors (Lipinski definition) is 1. The van der Waals surface area contributed by atoms with Gasteiger partial charge in [-0.15, -0.1) is 0 Å². The Labute approximate surface area is 117 Å². The van der Waals surface area contributed by atoms with Crippen LogP contribution < -0.4 is 10.2 Å². The van der Waals surface area contributed by atoms with E-state index in [0.717, 1.165) is 23.9 Å². The van der Waals surface area contributed by atoms with Gasteiger partial charge in [0.25, 0.3) is 0 Å². The first kappa shape index (κ1) is 15.9. The van der Waals surface area contributed by atoms with E-state index in [1.165, 1.54) is 5.56 Å². The van der Waals surface area contributed by atoms with E-state index in [-0.39, 0.29) is 5.54 Å². The summed E-state index contributed by atoms with van der Waals surface area (Å²) < 4.78 is 0. The van der Waals surface area contributed by atoms with Gasteiger partial charge in [-0.1, -0.05) is 6.92 Å². The second-order valence-corrected chi connectivity index (χ2v) is 6.53. The molecule has 4 heteroatoms. The molecule has 108 valence electrons. The molecule has 0 saturated heterocycles. The van der Waals surface area contributed by atoms with Crippen molar-refractivity contribution in [3.05, 3.63) is 17.0 Å². The van der Waals surface area contributed by atoms with Gasteiger partial charge < -0.3 is 10.2 Å². The Morgan fingerprint density at radius 3 is 1.95 bits per heavy atom. The number of hydrogen-bond acceptors (Lipinski definition) is 4. The maximum atomic E-state index is 4.59. The normalized spacial score (nSPS) is 13.5. The van der Waals surface area contributed by atoms with Gasteiger partial charge in [0.2, 0.25) is 5.95 Å². The van der Waals surface area contributed by atoms with Crippen LogP contribution in [0.3, 0.4) is 0 Å². The standard InChI is InChI=1S/C15H28N4/c1-10(9-16-15(4,5)6)13-11(2)17-14(19(7)8)18-12(13)3/h10,16H,9H2,1-8H3. The third-order valence-corrected chi connectivity index (χ3v) is 3.15. The van der Waals surface area contributed by atoms with Crippen LogP contribution in [0.4, 0.5) is 5.95 Å². The molecule has 0 saturated carbocycles. The summed E-state index contributed by atoms with van der Waals surface area (Å²) >= 11 is 0. The predicted molar refractivity (Wildman–Crippen MR) is 82.0 cm³/mol. The highest BCUT2D eigenvalue weighted by Gasteiger charge is 2.18. The second kappa shape index (κ2) is 5.87. The summed E-state index contributed by atoms with van der Waals surface area (Å²) in [6.45, 7) is 13.9. The molecular formula is C15H28N4. The SMILES string of the molecule is Cc1nc(N(C)C)nc(C)c1C(C)CNC(C)(C)C. The van der Waals surface area contributed by atoms with Crippen molar-refractivity contribution in [2.24, 2.45) is 0 Å². The van der Waals surface area contributed by atoms with Crippen LogP contribution in [0.2, 0.25) is 0 Å². The molecule has 1 unspecified atom stereocenters. The van der Waals surface area contributed by atoms with Crippen molar-refractivity contribution < 1.29 is 0 Å². The smallest absolute Gasteiger partial charge is 0.225 e. The van der Waals surface area contributed by atoms with Crippen LogP contribution in [0.1, 0.15) is 50.6 Å². The van der Waals surface area contributed by atoms with Gasteiger partial charge >= 0.3 is 0 Å². The quantitative estimate of drug-likeness (QED) is 0.907. The Hall–Kier alpha value is -1.16. The number of nitrogens with zero attached hydrogens (tertiary/aromatic N) is 3. The van der Waals surface area contributed by atoms with Gasteiger partial charge in [0.05, 0.1) is 0 Å². The van der Waals surface area contributed by atoms with E-state index in [0.29, 0.717) is 5.92 Å². The number of nitrogens with one attached hydrogen (secondary N) is 1. The minimum atomic E-state index is 0.139. The molecule has 0 aromatic carbocycles. The molecule has 1 aromatic heterocycles. The monoisotopic (exact) mass is 264 g/mol. The molecule has 1 atom stereocenters. The summed E-state index contributed by atoms with van der Waals surface area (Å²) in [7, 11) is 3.94. The molecule has 0 spiro atoms. The van der Waals surface area contributed by atoms with Crippen molar-refractivity contribution in [2.45, 2.75) is 53.0 Å². The van der Waals surface area contributed by atoms with Gasteiger partial charge in [-0.2, -0.15) is 0 Å². The van der Waals surface area contributed by atoms with Crippen molar-refractivity contribution in [3.63, 3.8) is 0 Å². The molecule has 1 aromatic rings. The van der Waals surface area contributed by atoms with Gasteiger partial charge in [0.15, 0.2) is 0 Å². The fraction of sp³-hybridized carbons (Fsp3) is 0.733. The summed E-state index contributed by atoms with van der Waals surface area (Å²) in [6, 6.07) is 0. The molecular weight excluding hydrogens is 236 g/mol. The lowest BCUT2D eigenvalue weighted by Crippen LogP contribution is -2.38. The van der Waals surface area contributed by atoms with Crippen LogP contribution in [0.15, 0.2) is 0 Å². The highest BCUT2D eigenvalue weighted by Crippen LogP contribution is 2.23. The molecule has 4 nitrogen and oxygen atoms in total. The van der Waals surface area contributed by atoms with Gasteiger partial charge in [-0.05, 0) is 46.1 Å². The van der Waals surface area contributed by atoms with Gasteiger partial charge in [-0.25, -0.2) is 9.97 Å². The topological polar surface area (TPSA) is 41.1 Å². The lowest BCUT2D eigenvalue weighted by Gasteiger charge is -2.25. The van der Waals surface area contributed by atoms with Gasteiger partial charge in [0.1, 0.15) is 0 Å². The first-order valence-electron chi connectivity index (χ1n) is 6.89. The first-order chi connectivity index (χ1) is 8.61. The maximum Gasteiger partial charge on any atom is 0.225 e. The fourth-order valence-electron chi connectivity index (χ4n) is 2.18. The fourth-order valence-corrected chi connectivity index (χ4v) is 2.18. The van der Waals surface area contributed by atoms with E-state index in [4.69, 9.17) is 0 Å². The van der Waals surface area contributed by atoms with Crippen LogP contribution in [-0.2, 0) is 0 Å². The lowest BCUT2D eigenvalue weighted by atomic mass is 9.96.